The first-order valence-electron chi connectivity index (χ1n) is 29.6. The molecule has 0 spiro atoms. The van der Waals surface area contributed by atoms with Gasteiger partial charge in [-0.25, -0.2) is 0 Å². The Labute approximate surface area is 501 Å². The van der Waals surface area contributed by atoms with Crippen molar-refractivity contribution in [1.29, 1.82) is 0 Å². The van der Waals surface area contributed by atoms with Crippen LogP contribution in [-0.2, 0) is 0 Å². The largest absolute Gasteiger partial charge is 0.311 e. The highest BCUT2D eigenvalue weighted by molar-refractivity contribution is 6.21. The predicted molar refractivity (Wildman–Crippen MR) is 366 cm³/mol. The van der Waals surface area contributed by atoms with Crippen LogP contribution in [0.3, 0.4) is 0 Å². The van der Waals surface area contributed by atoms with Gasteiger partial charge in [-0.3, -0.25) is 0 Å². The highest BCUT2D eigenvalue weighted by atomic mass is 15.1. The van der Waals surface area contributed by atoms with Crippen molar-refractivity contribution in [2.45, 2.75) is 0 Å². The van der Waals surface area contributed by atoms with Crippen molar-refractivity contribution in [1.82, 2.24) is 4.57 Å². The molecule has 1 aromatic heterocycles. The van der Waals surface area contributed by atoms with Gasteiger partial charge in [0.15, 0.2) is 0 Å². The van der Waals surface area contributed by atoms with Crippen LogP contribution in [-0.4, -0.2) is 4.57 Å². The third kappa shape index (κ3) is 9.00. The first-order valence-corrected chi connectivity index (χ1v) is 29.6. The third-order valence-electron chi connectivity index (χ3n) is 17.4. The van der Waals surface area contributed by atoms with Gasteiger partial charge in [0, 0.05) is 33.5 Å². The van der Waals surface area contributed by atoms with Crippen LogP contribution in [0.15, 0.2) is 340 Å². The van der Waals surface area contributed by atoms with Gasteiger partial charge in [0.1, 0.15) is 0 Å². The van der Waals surface area contributed by atoms with Crippen molar-refractivity contribution in [3.63, 3.8) is 0 Å². The topological polar surface area (TPSA) is 8.17 Å². The Bertz CT molecular complexity index is 5080. The molecule has 0 saturated heterocycles. The molecular formula is C84H56N2. The highest BCUT2D eigenvalue weighted by Crippen LogP contribution is 2.45. The van der Waals surface area contributed by atoms with E-state index in [4.69, 9.17) is 0 Å². The number of nitrogens with zero attached hydrogens (tertiary/aromatic N) is 2. The lowest BCUT2D eigenvalue weighted by Crippen LogP contribution is -2.09. The van der Waals surface area contributed by atoms with Gasteiger partial charge in [0.2, 0.25) is 0 Å². The second kappa shape index (κ2) is 21.5. The monoisotopic (exact) mass is 1090 g/mol. The summed E-state index contributed by atoms with van der Waals surface area (Å²) in [6.07, 6.45) is 0. The van der Waals surface area contributed by atoms with E-state index in [1.54, 1.807) is 0 Å². The Hall–Kier alpha value is -11.3. The first kappa shape index (κ1) is 50.4. The molecule has 1 heterocycles. The average Bonchev–Trinajstić information content (AvgIpc) is 1.91. The summed E-state index contributed by atoms with van der Waals surface area (Å²) in [5.74, 6) is 0. The van der Waals surface area contributed by atoms with Crippen LogP contribution in [0.2, 0.25) is 0 Å². The molecule has 0 atom stereocenters. The fourth-order valence-corrected chi connectivity index (χ4v) is 13.2. The number of para-hydroxylation sites is 2. The third-order valence-corrected chi connectivity index (χ3v) is 17.4. The second-order valence-corrected chi connectivity index (χ2v) is 22.4. The van der Waals surface area contributed by atoms with Gasteiger partial charge in [0.05, 0.1) is 11.0 Å². The molecule has 0 fully saturated rings. The smallest absolute Gasteiger partial charge is 0.0541 e. The molecule has 0 N–H and O–H groups in total. The molecular weight excluding hydrogens is 1040 g/mol. The summed E-state index contributed by atoms with van der Waals surface area (Å²) in [4.78, 5) is 2.37. The lowest BCUT2D eigenvalue weighted by molar-refractivity contribution is 1.18. The molecule has 0 unspecified atom stereocenters. The highest BCUT2D eigenvalue weighted by Gasteiger charge is 2.19. The molecule has 0 aliphatic heterocycles. The molecule has 0 amide bonds. The van der Waals surface area contributed by atoms with E-state index in [0.29, 0.717) is 0 Å². The maximum absolute atomic E-state index is 2.37. The summed E-state index contributed by atoms with van der Waals surface area (Å²) >= 11 is 0. The number of hydrogen-bond acceptors (Lipinski definition) is 1. The molecule has 86 heavy (non-hydrogen) atoms. The van der Waals surface area contributed by atoms with E-state index in [0.717, 1.165) is 28.2 Å². The van der Waals surface area contributed by atoms with Crippen LogP contribution in [0.4, 0.5) is 17.1 Å². The van der Waals surface area contributed by atoms with E-state index < -0.39 is 0 Å². The van der Waals surface area contributed by atoms with Gasteiger partial charge in [-0.15, -0.1) is 0 Å². The van der Waals surface area contributed by atoms with Gasteiger partial charge in [-0.2, -0.15) is 0 Å². The predicted octanol–water partition coefficient (Wildman–Crippen LogP) is 23.4. The average molecular weight is 1090 g/mol. The Balaban J connectivity index is 0.715. The van der Waals surface area contributed by atoms with Gasteiger partial charge in [-0.05, 0) is 177 Å². The molecule has 2 nitrogen and oxygen atoms in total. The minimum atomic E-state index is 1.08. The van der Waals surface area contributed by atoms with Crippen LogP contribution in [0, 0.1) is 0 Å². The standard InChI is InChI=1S/C84H56N2/c1-3-17-66(18-4-1)83-76-24-9-11-26-78(76)84(79-27-12-10-25-77(79)83)67-40-36-59(37-41-67)62-46-53-72(54-47-62)85(71-51-44-61(45-52-71)58-34-38-65(39-35-58)74-28-15-19-64-16-7-8-22-73(64)74)70-49-42-60(43-50-70)57-30-32-63(33-31-57)68-48-55-82-80(56-68)75-23-13-14-29-81(75)86(82)69-20-5-2-6-21-69/h1-56H. The van der Waals surface area contributed by atoms with Crippen molar-refractivity contribution in [2.75, 3.05) is 4.90 Å². The van der Waals surface area contributed by atoms with Gasteiger partial charge >= 0.3 is 0 Å². The number of hydrogen-bond donors (Lipinski definition) is 0. The number of anilines is 3. The van der Waals surface area contributed by atoms with Gasteiger partial charge in [-0.1, -0.05) is 273 Å². The number of fused-ring (bicyclic) bond motifs is 6. The van der Waals surface area contributed by atoms with Crippen LogP contribution in [0.5, 0.6) is 0 Å². The Morgan fingerprint density at radius 1 is 0.198 bits per heavy atom. The van der Waals surface area contributed by atoms with Crippen LogP contribution < -0.4 is 4.90 Å². The Morgan fingerprint density at radius 3 is 1.03 bits per heavy atom. The molecule has 0 bridgehead atoms. The fraction of sp³-hybridized carbons (Fsp3) is 0. The van der Waals surface area contributed by atoms with Crippen LogP contribution >= 0.6 is 0 Å². The minimum Gasteiger partial charge on any atom is -0.311 e. The molecule has 15 aromatic carbocycles. The zero-order valence-electron chi connectivity index (χ0n) is 47.2. The quantitative estimate of drug-likeness (QED) is 0.117. The van der Waals surface area contributed by atoms with Crippen LogP contribution in [0.25, 0.3) is 138 Å². The second-order valence-electron chi connectivity index (χ2n) is 22.4. The van der Waals surface area contributed by atoms with Crippen molar-refractivity contribution in [2.24, 2.45) is 0 Å². The molecule has 0 aliphatic carbocycles. The van der Waals surface area contributed by atoms with Crippen molar-refractivity contribution in [3.05, 3.63) is 340 Å². The number of aromatic nitrogens is 1. The lowest BCUT2D eigenvalue weighted by Gasteiger charge is -2.26. The number of benzene rings is 15. The molecule has 0 radical (unpaired) electrons. The first-order chi connectivity index (χ1) is 42.6. The molecule has 16 rings (SSSR count). The Kier molecular flexibility index (Phi) is 12.6. The molecule has 0 aliphatic rings. The fourth-order valence-electron chi connectivity index (χ4n) is 13.2. The zero-order valence-corrected chi connectivity index (χ0v) is 47.2. The van der Waals surface area contributed by atoms with E-state index in [9.17, 15) is 0 Å². The van der Waals surface area contributed by atoms with Crippen molar-refractivity contribution < 1.29 is 0 Å². The summed E-state index contributed by atoms with van der Waals surface area (Å²) in [7, 11) is 0. The summed E-state index contributed by atoms with van der Waals surface area (Å²) in [6.45, 7) is 0. The summed E-state index contributed by atoms with van der Waals surface area (Å²) in [5.41, 5.74) is 23.7. The summed E-state index contributed by atoms with van der Waals surface area (Å²) in [6, 6.07) is 124. The Morgan fingerprint density at radius 2 is 0.535 bits per heavy atom. The van der Waals surface area contributed by atoms with Gasteiger partial charge < -0.3 is 9.47 Å². The SMILES string of the molecule is c1ccc(-c2c3ccccc3c(-c3ccc(-c4ccc(N(c5ccc(-c6ccc(-c7ccc8c(c7)c7ccccc7n8-c7ccccc7)cc6)cc5)c5ccc(-c6ccc(-c7cccc8ccccc78)cc6)cc5)cc4)cc3)c3ccccc23)cc1. The van der Waals surface area contributed by atoms with E-state index in [2.05, 4.69) is 349 Å². The zero-order chi connectivity index (χ0) is 56.9. The maximum Gasteiger partial charge on any atom is 0.0541 e. The normalized spacial score (nSPS) is 11.5. The molecule has 16 aromatic rings. The molecule has 2 heteroatoms. The summed E-state index contributed by atoms with van der Waals surface area (Å²) in [5, 5.41) is 10.0. The van der Waals surface area contributed by atoms with Gasteiger partial charge in [0.25, 0.3) is 0 Å². The van der Waals surface area contributed by atoms with E-state index in [1.165, 1.54) is 127 Å². The van der Waals surface area contributed by atoms with E-state index >= 15 is 0 Å². The van der Waals surface area contributed by atoms with E-state index in [1.807, 2.05) is 0 Å². The lowest BCUT2D eigenvalue weighted by atomic mass is 9.86. The van der Waals surface area contributed by atoms with Crippen molar-refractivity contribution in [3.8, 4) is 83.6 Å². The molecule has 402 valence electrons. The van der Waals surface area contributed by atoms with Crippen molar-refractivity contribution >= 4 is 71.2 Å². The molecule has 0 saturated carbocycles. The van der Waals surface area contributed by atoms with Crippen LogP contribution in [0.1, 0.15) is 0 Å². The minimum absolute atomic E-state index is 1.08. The van der Waals surface area contributed by atoms with E-state index in [-0.39, 0.29) is 0 Å². The summed E-state index contributed by atoms with van der Waals surface area (Å²) < 4.78 is 2.37. The number of rotatable bonds is 11. The maximum atomic E-state index is 2.37.